The number of hydrogen-bond donors (Lipinski definition) is 0. The lowest BCUT2D eigenvalue weighted by Gasteiger charge is -2.28. The van der Waals surface area contributed by atoms with Crippen LogP contribution in [0.2, 0.25) is 0 Å². The van der Waals surface area contributed by atoms with Gasteiger partial charge in [0.25, 0.3) is 0 Å². The number of rotatable bonds is 15. The Bertz CT molecular complexity index is 3780. The average Bonchev–Trinajstić information content (AvgIpc) is 0.777. The molecule has 0 fully saturated rings. The molecule has 0 spiro atoms. The molecule has 0 saturated heterocycles. The highest BCUT2D eigenvalue weighted by Crippen LogP contribution is 2.39. The first-order valence-corrected chi connectivity index (χ1v) is 43.1. The summed E-state index contributed by atoms with van der Waals surface area (Å²) in [7, 11) is -1.93. The van der Waals surface area contributed by atoms with Crippen LogP contribution < -0.4 is 15.6 Å². The molecule has 9 aromatic rings. The van der Waals surface area contributed by atoms with Gasteiger partial charge in [-0.05, 0) is 237 Å². The third-order valence-corrected chi connectivity index (χ3v) is 25.4. The molecular weight excluding hydrogens is 1330 g/mol. The predicted octanol–water partition coefficient (Wildman–Crippen LogP) is 27.3. The SMILES string of the molecule is CC(C)(C)c1cc(Cc2cc(Cc3cc(C(C)(C)C)cc(C(C)(C)C)c3)cc([Si](c3cc(Cc4cc(C(C)(C)C)cc(C(C)(C)C)c4)cc(Cc4cc(C(C)(C)C)cc(C(C)(C)C)c4)c3)c3cc(Cc4cc(C(C)(C)C)cc(C(C)(C)C)c4)cc(Cc4cc(C(C)(C)C)cc(C(C)(C)C)c4)c3)c2)cc(C(C)(C)C)c1. The van der Waals surface area contributed by atoms with Crippen molar-refractivity contribution in [3.05, 3.63) is 297 Å². The molecule has 1 heteroatoms. The molecule has 0 saturated carbocycles. The van der Waals surface area contributed by atoms with Gasteiger partial charge in [0.1, 0.15) is 0 Å². The summed E-state index contributed by atoms with van der Waals surface area (Å²) in [5, 5.41) is 4.33. The molecule has 0 aliphatic heterocycles. The van der Waals surface area contributed by atoms with Gasteiger partial charge >= 0.3 is 0 Å². The van der Waals surface area contributed by atoms with Crippen LogP contribution in [0.4, 0.5) is 0 Å². The van der Waals surface area contributed by atoms with E-state index in [-0.39, 0.29) is 65.0 Å². The van der Waals surface area contributed by atoms with Crippen LogP contribution in [-0.4, -0.2) is 8.80 Å². The Morgan fingerprint density at radius 1 is 0.128 bits per heavy atom. The first-order valence-electron chi connectivity index (χ1n) is 41.6. The minimum atomic E-state index is -1.93. The summed E-state index contributed by atoms with van der Waals surface area (Å²) in [6.07, 6.45) is 4.97. The van der Waals surface area contributed by atoms with Crippen LogP contribution in [0.5, 0.6) is 0 Å². The summed E-state index contributed by atoms with van der Waals surface area (Å²) < 4.78 is 0. The van der Waals surface area contributed by atoms with E-state index in [9.17, 15) is 0 Å². The highest BCUT2D eigenvalue weighted by molar-refractivity contribution is 6.95. The van der Waals surface area contributed by atoms with Crippen molar-refractivity contribution >= 4 is 24.4 Å². The molecule has 1 radical (unpaired) electrons. The zero-order chi connectivity index (χ0) is 81.5. The van der Waals surface area contributed by atoms with Gasteiger partial charge in [-0.3, -0.25) is 0 Å². The second kappa shape index (κ2) is 30.6. The Hall–Kier alpha value is -6.80. The van der Waals surface area contributed by atoms with Crippen molar-refractivity contribution in [2.75, 3.05) is 0 Å². The quantitative estimate of drug-likeness (QED) is 0.0709. The highest BCUT2D eigenvalue weighted by atomic mass is 28.3. The predicted molar refractivity (Wildman–Crippen MR) is 484 cm³/mol. The average molecular weight is 1470 g/mol. The van der Waals surface area contributed by atoms with E-state index >= 15 is 0 Å². The van der Waals surface area contributed by atoms with Crippen molar-refractivity contribution in [1.29, 1.82) is 0 Å². The van der Waals surface area contributed by atoms with Gasteiger partial charge in [-0.1, -0.05) is 429 Å². The van der Waals surface area contributed by atoms with E-state index in [4.69, 9.17) is 0 Å². The Morgan fingerprint density at radius 3 is 0.312 bits per heavy atom. The highest BCUT2D eigenvalue weighted by Gasteiger charge is 2.31. The van der Waals surface area contributed by atoms with Crippen molar-refractivity contribution in [2.45, 2.75) is 353 Å². The van der Waals surface area contributed by atoms with Crippen LogP contribution >= 0.6 is 0 Å². The summed E-state index contributed by atoms with van der Waals surface area (Å²) >= 11 is 0. The van der Waals surface area contributed by atoms with Crippen molar-refractivity contribution in [3.8, 4) is 0 Å². The second-order valence-corrected chi connectivity index (χ2v) is 48.5. The van der Waals surface area contributed by atoms with Crippen LogP contribution in [-0.2, 0) is 104 Å². The molecule has 0 bridgehead atoms. The second-order valence-electron chi connectivity index (χ2n) is 46.1. The van der Waals surface area contributed by atoms with Crippen LogP contribution in [0.15, 0.2) is 164 Å². The normalized spacial score (nSPS) is 13.6. The summed E-state index contributed by atoms with van der Waals surface area (Å²) in [6.45, 7) is 86.0. The van der Waals surface area contributed by atoms with Gasteiger partial charge in [0, 0.05) is 0 Å². The smallest absolute Gasteiger partial charge is 0.0588 e. The fourth-order valence-electron chi connectivity index (χ4n) is 15.2. The fourth-order valence-corrected chi connectivity index (χ4v) is 18.2. The third kappa shape index (κ3) is 22.8. The molecule has 0 heterocycles. The van der Waals surface area contributed by atoms with Crippen LogP contribution in [0, 0.1) is 0 Å². The van der Waals surface area contributed by atoms with Gasteiger partial charge in [-0.2, -0.15) is 0 Å². The molecule has 9 rings (SSSR count). The van der Waals surface area contributed by atoms with Gasteiger partial charge in [0.05, 0.1) is 0 Å². The third-order valence-electron chi connectivity index (χ3n) is 22.8. The van der Waals surface area contributed by atoms with Crippen LogP contribution in [0.1, 0.15) is 383 Å². The molecular formula is C108H147Si. The van der Waals surface area contributed by atoms with Gasteiger partial charge < -0.3 is 0 Å². The van der Waals surface area contributed by atoms with Gasteiger partial charge in [-0.25, -0.2) is 0 Å². The maximum absolute atomic E-state index is 2.71. The Balaban J connectivity index is 1.47. The van der Waals surface area contributed by atoms with E-state index < -0.39 is 8.80 Å². The molecule has 109 heavy (non-hydrogen) atoms. The maximum Gasteiger partial charge on any atom is 0.154 e. The molecule has 0 aromatic heterocycles. The van der Waals surface area contributed by atoms with Crippen molar-refractivity contribution in [3.63, 3.8) is 0 Å². The molecule has 0 aliphatic carbocycles. The summed E-state index contributed by atoms with van der Waals surface area (Å²) in [5.41, 5.74) is 33.0. The monoisotopic (exact) mass is 1470 g/mol. The zero-order valence-corrected chi connectivity index (χ0v) is 76.8. The lowest BCUT2D eigenvalue weighted by Crippen LogP contribution is -2.53. The Morgan fingerprint density at radius 2 is 0.220 bits per heavy atom. The molecule has 0 nitrogen and oxygen atoms in total. The minimum absolute atomic E-state index is 0.0248. The molecule has 0 N–H and O–H groups in total. The Kier molecular flexibility index (Phi) is 24.2. The zero-order valence-electron chi connectivity index (χ0n) is 75.8. The van der Waals surface area contributed by atoms with E-state index in [1.807, 2.05) is 0 Å². The summed E-state index contributed by atoms with van der Waals surface area (Å²) in [4.78, 5) is 0. The van der Waals surface area contributed by atoms with E-state index in [1.165, 1.54) is 149 Å². The van der Waals surface area contributed by atoms with Crippen molar-refractivity contribution in [1.82, 2.24) is 0 Å². The van der Waals surface area contributed by atoms with E-state index in [0.717, 1.165) is 38.5 Å². The molecule has 9 aromatic carbocycles. The first kappa shape index (κ1) is 86.2. The van der Waals surface area contributed by atoms with Gasteiger partial charge in [0.2, 0.25) is 0 Å². The summed E-state index contributed by atoms with van der Waals surface area (Å²) in [5.74, 6) is 0. The molecule has 0 amide bonds. The molecule has 0 aliphatic rings. The topological polar surface area (TPSA) is 0 Å². The lowest BCUT2D eigenvalue weighted by atomic mass is 9.78. The molecule has 0 atom stereocenters. The van der Waals surface area contributed by atoms with E-state index in [2.05, 4.69) is 413 Å². The number of hydrogen-bond acceptors (Lipinski definition) is 0. The Labute approximate surface area is 670 Å². The summed E-state index contributed by atoms with van der Waals surface area (Å²) in [6, 6.07) is 69.6. The van der Waals surface area contributed by atoms with E-state index in [0.29, 0.717) is 0 Å². The standard InChI is InChI=1S/C108H147Si/c1-97(2,3)82-46-76(47-83(64-82)98(4,5)6)40-70-37-71(41-77-48-84(99(7,8)9)65-85(49-77)100(10,11)12)59-94(58-70)109(95-60-72(42-78-50-86(101(13,14)15)66-87(51-78)102(16,17)18)38-73(61-95)43-79-52-88(103(19,20)21)67-89(53-79)104(22,23)24)96-62-74(44-80-54-90(105(25,26)27)68-91(55-80)106(28,29)30)39-75(63-96)45-81-56-92(107(31,32)33)69-93(57-81)108(34,35)36/h37-39,46-69H,40-45H2,1-36H3. The molecule has 0 unspecified atom stereocenters. The maximum atomic E-state index is 2.71. The van der Waals surface area contributed by atoms with Crippen LogP contribution in [0.3, 0.4) is 0 Å². The number of benzene rings is 9. The minimum Gasteiger partial charge on any atom is -0.0588 e. The van der Waals surface area contributed by atoms with E-state index in [1.54, 1.807) is 0 Å². The largest absolute Gasteiger partial charge is 0.154 e. The fraction of sp³-hybridized carbons (Fsp3) is 0.500. The van der Waals surface area contributed by atoms with Crippen molar-refractivity contribution in [2.24, 2.45) is 0 Å². The molecule has 583 valence electrons. The van der Waals surface area contributed by atoms with Crippen LogP contribution in [0.25, 0.3) is 0 Å². The van der Waals surface area contributed by atoms with Gasteiger partial charge in [-0.15, -0.1) is 0 Å². The van der Waals surface area contributed by atoms with Crippen molar-refractivity contribution < 1.29 is 0 Å². The first-order chi connectivity index (χ1) is 49.4. The lowest BCUT2D eigenvalue weighted by molar-refractivity contribution is 0.566. The van der Waals surface area contributed by atoms with Gasteiger partial charge in [0.15, 0.2) is 8.80 Å².